The Balaban J connectivity index is 2.05. The van der Waals surface area contributed by atoms with Crippen molar-refractivity contribution in [2.24, 2.45) is 5.92 Å². The number of alkyl halides is 3. The van der Waals surface area contributed by atoms with Gasteiger partial charge in [0, 0.05) is 13.0 Å². The lowest BCUT2D eigenvalue weighted by Gasteiger charge is -2.30. The number of hydrogen-bond donors (Lipinski definition) is 1. The minimum absolute atomic E-state index is 0.0168. The largest absolute Gasteiger partial charge is 0.493 e. The maximum absolute atomic E-state index is 13.8. The number of hydrazine groups is 1. The van der Waals surface area contributed by atoms with Crippen LogP contribution >= 0.6 is 0 Å². The Morgan fingerprint density at radius 3 is 2.62 bits per heavy atom. The zero-order chi connectivity index (χ0) is 18.9. The van der Waals surface area contributed by atoms with Crippen molar-refractivity contribution in [2.75, 3.05) is 13.2 Å². The van der Waals surface area contributed by atoms with Gasteiger partial charge < -0.3 is 4.74 Å². The summed E-state index contributed by atoms with van der Waals surface area (Å²) in [5.41, 5.74) is 2.43. The Labute approximate surface area is 149 Å². The minimum atomic E-state index is -4.53. The Morgan fingerprint density at radius 2 is 2.00 bits per heavy atom. The van der Waals surface area contributed by atoms with Crippen molar-refractivity contribution in [3.63, 3.8) is 0 Å². The highest BCUT2D eigenvalue weighted by molar-refractivity contribution is 5.87. The van der Waals surface area contributed by atoms with E-state index in [1.807, 2.05) is 13.8 Å². The average Bonchev–Trinajstić information content (AvgIpc) is 2.98. The van der Waals surface area contributed by atoms with Crippen LogP contribution in [0.25, 0.3) is 10.8 Å². The molecule has 0 saturated carbocycles. The summed E-state index contributed by atoms with van der Waals surface area (Å²) in [6.07, 6.45) is -4.47. The Kier molecular flexibility index (Phi) is 5.09. The van der Waals surface area contributed by atoms with Crippen LogP contribution in [-0.2, 0) is 4.79 Å². The molecule has 0 spiro atoms. The smallest absolute Gasteiger partial charge is 0.409 e. The van der Waals surface area contributed by atoms with Crippen molar-refractivity contribution in [3.8, 4) is 5.75 Å². The fraction of sp³-hybridized carbons (Fsp3) is 0.421. The van der Waals surface area contributed by atoms with Gasteiger partial charge in [-0.05, 0) is 34.4 Å². The molecule has 0 bridgehead atoms. The number of hydrogen-bond acceptors (Lipinski definition) is 3. The molecule has 0 aromatic heterocycles. The number of nitrogens with one attached hydrogen (secondary N) is 1. The molecule has 1 atom stereocenters. The fourth-order valence-electron chi connectivity index (χ4n) is 3.08. The third-order valence-corrected chi connectivity index (χ3v) is 4.24. The van der Waals surface area contributed by atoms with E-state index in [1.165, 1.54) is 6.07 Å². The second-order valence-electron chi connectivity index (χ2n) is 6.86. The first-order chi connectivity index (χ1) is 12.3. The molecule has 0 unspecified atom stereocenters. The molecule has 2 aromatic rings. The Hall–Kier alpha value is -2.28. The SMILES string of the molecule is CC(C)COc1ccc2cccc([C@H](N3CCC(=O)N3)C(F)(F)F)c2c1. The van der Waals surface area contributed by atoms with Crippen LogP contribution in [0.2, 0.25) is 0 Å². The number of rotatable bonds is 5. The van der Waals surface area contributed by atoms with Crippen molar-refractivity contribution in [1.29, 1.82) is 0 Å². The highest BCUT2D eigenvalue weighted by Crippen LogP contribution is 2.41. The van der Waals surface area contributed by atoms with Crippen LogP contribution in [0.5, 0.6) is 5.75 Å². The third-order valence-electron chi connectivity index (χ3n) is 4.24. The van der Waals surface area contributed by atoms with E-state index in [0.717, 1.165) is 5.01 Å². The molecule has 1 aliphatic rings. The van der Waals surface area contributed by atoms with Gasteiger partial charge in [0.2, 0.25) is 5.91 Å². The molecule has 1 heterocycles. The van der Waals surface area contributed by atoms with Crippen molar-refractivity contribution >= 4 is 16.7 Å². The first-order valence-electron chi connectivity index (χ1n) is 8.54. The zero-order valence-corrected chi connectivity index (χ0v) is 14.6. The van der Waals surface area contributed by atoms with Crippen LogP contribution in [0, 0.1) is 5.92 Å². The molecular weight excluding hydrogens is 345 g/mol. The van der Waals surface area contributed by atoms with Gasteiger partial charge in [-0.25, -0.2) is 5.01 Å². The van der Waals surface area contributed by atoms with Crippen molar-refractivity contribution < 1.29 is 22.7 Å². The average molecular weight is 366 g/mol. The van der Waals surface area contributed by atoms with Gasteiger partial charge in [0.05, 0.1) is 6.61 Å². The van der Waals surface area contributed by atoms with Crippen LogP contribution in [0.1, 0.15) is 31.9 Å². The standard InChI is InChI=1S/C19H21F3N2O2/c1-12(2)11-26-14-7-6-13-4-3-5-15(16(13)10-14)18(19(20,21)22)24-9-8-17(25)23-24/h3-7,10,12,18H,8-9,11H2,1-2H3,(H,23,25)/t18-/m0/s1. The first kappa shape index (κ1) is 18.5. The van der Waals surface area contributed by atoms with Crippen molar-refractivity contribution in [2.45, 2.75) is 32.5 Å². The molecule has 0 aliphatic carbocycles. The molecule has 1 saturated heterocycles. The molecule has 7 heteroatoms. The number of carbonyl (C=O) groups is 1. The summed E-state index contributed by atoms with van der Waals surface area (Å²) in [4.78, 5) is 11.4. The van der Waals surface area contributed by atoms with Crippen molar-refractivity contribution in [3.05, 3.63) is 42.0 Å². The highest BCUT2D eigenvalue weighted by atomic mass is 19.4. The number of ether oxygens (including phenoxy) is 1. The maximum atomic E-state index is 13.8. The van der Waals surface area contributed by atoms with Crippen LogP contribution in [0.15, 0.2) is 36.4 Å². The maximum Gasteiger partial charge on any atom is 0.409 e. The second kappa shape index (κ2) is 7.15. The molecule has 3 rings (SSSR count). The number of benzene rings is 2. The first-order valence-corrected chi connectivity index (χ1v) is 8.54. The Morgan fingerprint density at radius 1 is 1.23 bits per heavy atom. The molecule has 4 nitrogen and oxygen atoms in total. The predicted molar refractivity (Wildman–Crippen MR) is 92.5 cm³/mol. The summed E-state index contributed by atoms with van der Waals surface area (Å²) in [7, 11) is 0. The molecular formula is C19H21F3N2O2. The molecule has 26 heavy (non-hydrogen) atoms. The van der Waals surface area contributed by atoms with E-state index in [0.29, 0.717) is 29.0 Å². The van der Waals surface area contributed by atoms with E-state index < -0.39 is 18.1 Å². The van der Waals surface area contributed by atoms with Gasteiger partial charge in [0.1, 0.15) is 5.75 Å². The van der Waals surface area contributed by atoms with Gasteiger partial charge >= 0.3 is 6.18 Å². The van der Waals surface area contributed by atoms with Gasteiger partial charge in [0.15, 0.2) is 6.04 Å². The van der Waals surface area contributed by atoms with Crippen LogP contribution in [-0.4, -0.2) is 30.2 Å². The molecule has 2 aromatic carbocycles. The molecule has 140 valence electrons. The molecule has 0 radical (unpaired) electrons. The summed E-state index contributed by atoms with van der Waals surface area (Å²) in [6, 6.07) is 8.07. The minimum Gasteiger partial charge on any atom is -0.493 e. The summed E-state index contributed by atoms with van der Waals surface area (Å²) >= 11 is 0. The summed E-state index contributed by atoms with van der Waals surface area (Å²) in [5.74, 6) is 0.439. The summed E-state index contributed by atoms with van der Waals surface area (Å²) in [5, 5.41) is 2.13. The highest BCUT2D eigenvalue weighted by Gasteiger charge is 2.47. The van der Waals surface area contributed by atoms with E-state index in [4.69, 9.17) is 4.74 Å². The molecule has 1 amide bonds. The Bertz CT molecular complexity index is 805. The number of halogens is 3. The van der Waals surface area contributed by atoms with Gasteiger partial charge in [-0.2, -0.15) is 13.2 Å². The number of fused-ring (bicyclic) bond motifs is 1. The number of amides is 1. The number of carbonyl (C=O) groups excluding carboxylic acids is 1. The molecule has 1 N–H and O–H groups in total. The lowest BCUT2D eigenvalue weighted by atomic mass is 9.97. The number of nitrogens with zero attached hydrogens (tertiary/aromatic N) is 1. The van der Waals surface area contributed by atoms with Gasteiger partial charge in [-0.15, -0.1) is 0 Å². The second-order valence-corrected chi connectivity index (χ2v) is 6.86. The van der Waals surface area contributed by atoms with Crippen LogP contribution in [0.4, 0.5) is 13.2 Å². The molecule has 1 fully saturated rings. The summed E-state index contributed by atoms with van der Waals surface area (Å²) in [6.45, 7) is 4.51. The van der Waals surface area contributed by atoms with Crippen LogP contribution in [0.3, 0.4) is 0 Å². The zero-order valence-electron chi connectivity index (χ0n) is 14.6. The van der Waals surface area contributed by atoms with E-state index in [-0.39, 0.29) is 18.5 Å². The van der Waals surface area contributed by atoms with E-state index >= 15 is 0 Å². The topological polar surface area (TPSA) is 41.6 Å². The monoisotopic (exact) mass is 366 g/mol. The normalized spacial score (nSPS) is 16.9. The van der Waals surface area contributed by atoms with E-state index in [9.17, 15) is 18.0 Å². The predicted octanol–water partition coefficient (Wildman–Crippen LogP) is 4.21. The lowest BCUT2D eigenvalue weighted by Crippen LogP contribution is -2.43. The lowest BCUT2D eigenvalue weighted by molar-refractivity contribution is -0.190. The quantitative estimate of drug-likeness (QED) is 0.862. The third kappa shape index (κ3) is 3.93. The van der Waals surface area contributed by atoms with Gasteiger partial charge in [-0.3, -0.25) is 10.2 Å². The fourth-order valence-corrected chi connectivity index (χ4v) is 3.08. The van der Waals surface area contributed by atoms with Crippen LogP contribution < -0.4 is 10.2 Å². The van der Waals surface area contributed by atoms with E-state index in [1.54, 1.807) is 30.3 Å². The van der Waals surface area contributed by atoms with Gasteiger partial charge in [-0.1, -0.05) is 38.1 Å². The van der Waals surface area contributed by atoms with E-state index in [2.05, 4.69) is 5.43 Å². The van der Waals surface area contributed by atoms with Crippen molar-refractivity contribution in [1.82, 2.24) is 10.4 Å². The van der Waals surface area contributed by atoms with Gasteiger partial charge in [0.25, 0.3) is 0 Å². The summed E-state index contributed by atoms with van der Waals surface area (Å²) < 4.78 is 47.2. The molecule has 1 aliphatic heterocycles.